The van der Waals surface area contributed by atoms with E-state index in [2.05, 4.69) is 0 Å². The van der Waals surface area contributed by atoms with Gasteiger partial charge in [0, 0.05) is 6.42 Å². The molecule has 0 saturated carbocycles. The molecule has 0 aliphatic carbocycles. The van der Waals surface area contributed by atoms with E-state index < -0.39 is 41.6 Å². The minimum Gasteiger partial charge on any atom is -0.504 e. The van der Waals surface area contributed by atoms with Gasteiger partial charge < -0.3 is 30.6 Å². The molecule has 0 aliphatic heterocycles. The van der Waals surface area contributed by atoms with E-state index in [9.17, 15) is 24.9 Å². The summed E-state index contributed by atoms with van der Waals surface area (Å²) in [6, 6.07) is 3.18. The maximum Gasteiger partial charge on any atom is 0.339 e. The average molecular weight is 272 g/mol. The van der Waals surface area contributed by atoms with Crippen LogP contribution in [0, 0.1) is 0 Å². The number of benzene rings is 1. The number of carboxylic acid groups (broad SMARTS) is 2. The molecule has 0 spiro atoms. The van der Waals surface area contributed by atoms with Crippen LogP contribution in [0.3, 0.4) is 0 Å². The highest BCUT2D eigenvalue weighted by Crippen LogP contribution is 2.28. The summed E-state index contributed by atoms with van der Waals surface area (Å²) in [6.45, 7) is 0. The number of carboxylic acids is 2. The second kappa shape index (κ2) is 5.12. The largest absolute Gasteiger partial charge is 0.504 e. The molecule has 2 atom stereocenters. The van der Waals surface area contributed by atoms with Crippen molar-refractivity contribution in [2.24, 2.45) is 0 Å². The van der Waals surface area contributed by atoms with Crippen LogP contribution in [-0.2, 0) is 16.0 Å². The zero-order chi connectivity index (χ0) is 14.8. The van der Waals surface area contributed by atoms with Gasteiger partial charge in [-0.05, 0) is 17.7 Å². The van der Waals surface area contributed by atoms with Crippen LogP contribution in [0.2, 0.25) is 0 Å². The van der Waals surface area contributed by atoms with E-state index in [1.165, 1.54) is 6.07 Å². The molecule has 1 aromatic carbocycles. The molecule has 0 aliphatic rings. The number of aliphatic carboxylic acids is 2. The van der Waals surface area contributed by atoms with E-state index in [-0.39, 0.29) is 5.56 Å². The van der Waals surface area contributed by atoms with Gasteiger partial charge in [-0.1, -0.05) is 6.07 Å². The van der Waals surface area contributed by atoms with Crippen LogP contribution in [0.25, 0.3) is 0 Å². The first-order valence-electron chi connectivity index (χ1n) is 5.06. The quantitative estimate of drug-likeness (QED) is 0.369. The molecule has 8 heteroatoms. The van der Waals surface area contributed by atoms with Gasteiger partial charge in [0.25, 0.3) is 0 Å². The standard InChI is InChI=1S/C11H12O8/c12-6-2-1-5(3-7(6)13)4-11(19,10(17)18)8(14)9(15)16/h1-3,8,12-14,19H,4H2,(H,15,16)(H,17,18)/t8-,11-/m1/s1. The molecular weight excluding hydrogens is 260 g/mol. The summed E-state index contributed by atoms with van der Waals surface area (Å²) < 4.78 is 0. The summed E-state index contributed by atoms with van der Waals surface area (Å²) in [4.78, 5) is 21.5. The van der Waals surface area contributed by atoms with Crippen molar-refractivity contribution in [2.45, 2.75) is 18.1 Å². The lowest BCUT2D eigenvalue weighted by Gasteiger charge is -2.26. The second-order valence-electron chi connectivity index (χ2n) is 3.97. The van der Waals surface area contributed by atoms with Crippen LogP contribution in [-0.4, -0.2) is 54.3 Å². The number of aliphatic hydroxyl groups is 2. The molecule has 19 heavy (non-hydrogen) atoms. The van der Waals surface area contributed by atoms with E-state index in [4.69, 9.17) is 15.3 Å². The second-order valence-corrected chi connectivity index (χ2v) is 3.97. The Bertz CT molecular complexity index is 511. The van der Waals surface area contributed by atoms with Gasteiger partial charge in [0.05, 0.1) is 0 Å². The van der Waals surface area contributed by atoms with E-state index in [0.29, 0.717) is 0 Å². The normalized spacial score (nSPS) is 15.5. The number of carbonyl (C=O) groups is 2. The summed E-state index contributed by atoms with van der Waals surface area (Å²) in [5.74, 6) is -4.83. The molecular formula is C11H12O8. The maximum absolute atomic E-state index is 10.9. The fourth-order valence-corrected chi connectivity index (χ4v) is 1.48. The first-order chi connectivity index (χ1) is 8.68. The molecule has 1 aromatic rings. The SMILES string of the molecule is O=C(O)[C@@H](O)[C@](O)(Cc1ccc(O)c(O)c1)C(=O)O. The van der Waals surface area contributed by atoms with Crippen molar-refractivity contribution < 1.29 is 40.2 Å². The third kappa shape index (κ3) is 2.92. The Labute approximate surface area is 106 Å². The van der Waals surface area contributed by atoms with Gasteiger partial charge in [-0.15, -0.1) is 0 Å². The number of phenolic OH excluding ortho intramolecular Hbond substituents is 2. The Morgan fingerprint density at radius 2 is 1.74 bits per heavy atom. The van der Waals surface area contributed by atoms with Crippen molar-refractivity contribution in [3.63, 3.8) is 0 Å². The summed E-state index contributed by atoms with van der Waals surface area (Å²) in [5, 5.41) is 54.8. The van der Waals surface area contributed by atoms with Crippen LogP contribution in [0.1, 0.15) is 5.56 Å². The van der Waals surface area contributed by atoms with E-state index in [1.807, 2.05) is 0 Å². The Morgan fingerprint density at radius 1 is 1.16 bits per heavy atom. The first-order valence-corrected chi connectivity index (χ1v) is 5.06. The monoisotopic (exact) mass is 272 g/mol. The average Bonchev–Trinajstić information content (AvgIpc) is 2.32. The molecule has 0 fully saturated rings. The maximum atomic E-state index is 10.9. The van der Waals surface area contributed by atoms with Gasteiger partial charge in [0.1, 0.15) is 0 Å². The lowest BCUT2D eigenvalue weighted by Crippen LogP contribution is -2.54. The zero-order valence-corrected chi connectivity index (χ0v) is 9.52. The fourth-order valence-electron chi connectivity index (χ4n) is 1.48. The number of phenols is 2. The van der Waals surface area contributed by atoms with Crippen molar-refractivity contribution in [1.29, 1.82) is 0 Å². The predicted octanol–water partition coefficient (Wildman–Crippen LogP) is -1.10. The molecule has 0 aromatic heterocycles. The van der Waals surface area contributed by atoms with Gasteiger partial charge in [-0.3, -0.25) is 0 Å². The summed E-state index contributed by atoms with van der Waals surface area (Å²) >= 11 is 0. The summed E-state index contributed by atoms with van der Waals surface area (Å²) in [5.41, 5.74) is -2.92. The van der Waals surface area contributed by atoms with Gasteiger partial charge in [-0.2, -0.15) is 0 Å². The first kappa shape index (κ1) is 14.7. The van der Waals surface area contributed by atoms with E-state index in [1.54, 1.807) is 0 Å². The summed E-state index contributed by atoms with van der Waals surface area (Å²) in [6.07, 6.45) is -3.30. The Balaban J connectivity index is 3.12. The molecule has 0 heterocycles. The smallest absolute Gasteiger partial charge is 0.339 e. The Morgan fingerprint density at radius 3 is 2.16 bits per heavy atom. The van der Waals surface area contributed by atoms with Crippen molar-refractivity contribution in [1.82, 2.24) is 0 Å². The summed E-state index contributed by atoms with van der Waals surface area (Å²) in [7, 11) is 0. The predicted molar refractivity (Wildman–Crippen MR) is 59.7 cm³/mol. The van der Waals surface area contributed by atoms with Gasteiger partial charge >= 0.3 is 11.9 Å². The highest BCUT2D eigenvalue weighted by atomic mass is 16.4. The fraction of sp³-hybridized carbons (Fsp3) is 0.273. The number of hydrogen-bond donors (Lipinski definition) is 6. The van der Waals surface area contributed by atoms with Crippen molar-refractivity contribution in [3.8, 4) is 11.5 Å². The highest BCUT2D eigenvalue weighted by molar-refractivity contribution is 5.87. The van der Waals surface area contributed by atoms with Gasteiger partial charge in [0.2, 0.25) is 5.60 Å². The molecule has 0 radical (unpaired) electrons. The highest BCUT2D eigenvalue weighted by Gasteiger charge is 2.47. The lowest BCUT2D eigenvalue weighted by atomic mass is 9.89. The molecule has 104 valence electrons. The number of rotatable bonds is 5. The van der Waals surface area contributed by atoms with Crippen LogP contribution in [0.4, 0.5) is 0 Å². The molecule has 0 unspecified atom stereocenters. The lowest BCUT2D eigenvalue weighted by molar-refractivity contribution is -0.183. The van der Waals surface area contributed by atoms with Crippen LogP contribution >= 0.6 is 0 Å². The zero-order valence-electron chi connectivity index (χ0n) is 9.52. The van der Waals surface area contributed by atoms with Crippen LogP contribution in [0.15, 0.2) is 18.2 Å². The molecule has 0 amide bonds. The Kier molecular flexibility index (Phi) is 3.98. The number of hydrogen-bond acceptors (Lipinski definition) is 6. The van der Waals surface area contributed by atoms with Gasteiger partial charge in [0.15, 0.2) is 17.6 Å². The van der Waals surface area contributed by atoms with E-state index >= 15 is 0 Å². The van der Waals surface area contributed by atoms with Crippen LogP contribution in [0.5, 0.6) is 11.5 Å². The minimum absolute atomic E-state index is 0.0282. The molecule has 0 saturated heterocycles. The molecule has 6 N–H and O–H groups in total. The van der Waals surface area contributed by atoms with E-state index in [0.717, 1.165) is 12.1 Å². The van der Waals surface area contributed by atoms with Crippen molar-refractivity contribution in [2.75, 3.05) is 0 Å². The third-order valence-electron chi connectivity index (χ3n) is 2.57. The minimum atomic E-state index is -2.95. The Hall–Kier alpha value is -2.32. The van der Waals surface area contributed by atoms with Crippen LogP contribution < -0.4 is 0 Å². The molecule has 0 bridgehead atoms. The van der Waals surface area contributed by atoms with Crippen molar-refractivity contribution >= 4 is 11.9 Å². The van der Waals surface area contributed by atoms with Gasteiger partial charge in [-0.25, -0.2) is 9.59 Å². The number of aliphatic hydroxyl groups excluding tert-OH is 1. The van der Waals surface area contributed by atoms with Crippen molar-refractivity contribution in [3.05, 3.63) is 23.8 Å². The topological polar surface area (TPSA) is 156 Å². The third-order valence-corrected chi connectivity index (χ3v) is 2.57. The molecule has 8 nitrogen and oxygen atoms in total. The molecule has 1 rings (SSSR count). The number of aromatic hydroxyl groups is 2.